The molecule has 1 atom stereocenters. The number of amidine groups is 1. The van der Waals surface area contributed by atoms with Crippen molar-refractivity contribution in [3.8, 4) is 0 Å². The van der Waals surface area contributed by atoms with E-state index < -0.39 is 0 Å². The predicted molar refractivity (Wildman–Crippen MR) is 58.6 cm³/mol. The number of hydrogen-bond donors (Lipinski definition) is 1. The molecule has 0 radical (unpaired) electrons. The first kappa shape index (κ1) is 13.4. The summed E-state index contributed by atoms with van der Waals surface area (Å²) < 4.78 is 10.1. The molecule has 0 rings (SSSR count). The Morgan fingerprint density at radius 3 is 2.29 bits per heavy atom. The summed E-state index contributed by atoms with van der Waals surface area (Å²) in [7, 11) is 3.29. The zero-order chi connectivity index (χ0) is 11.2. The minimum atomic E-state index is -0.0780. The Morgan fingerprint density at radius 2 is 1.93 bits per heavy atom. The van der Waals surface area contributed by atoms with E-state index in [2.05, 4.69) is 4.99 Å². The largest absolute Gasteiger partial charge is 0.387 e. The smallest absolute Gasteiger partial charge is 0.0999 e. The van der Waals surface area contributed by atoms with E-state index in [1.54, 1.807) is 14.2 Å². The lowest BCUT2D eigenvalue weighted by Gasteiger charge is -2.19. The van der Waals surface area contributed by atoms with Gasteiger partial charge in [-0.25, -0.2) is 0 Å². The summed E-state index contributed by atoms with van der Waals surface area (Å²) in [5.74, 6) is 0.649. The van der Waals surface area contributed by atoms with E-state index in [9.17, 15) is 0 Å². The average Bonchev–Trinajstić information content (AvgIpc) is 2.10. The summed E-state index contributed by atoms with van der Waals surface area (Å²) >= 11 is 0. The Hall–Kier alpha value is -0.610. The van der Waals surface area contributed by atoms with Crippen molar-refractivity contribution in [3.05, 3.63) is 0 Å². The number of hydrogen-bond acceptors (Lipinski definition) is 3. The molecule has 0 aliphatic rings. The Kier molecular flexibility index (Phi) is 5.72. The number of nitrogens with two attached hydrogens (primary N) is 1. The van der Waals surface area contributed by atoms with Crippen molar-refractivity contribution in [2.24, 2.45) is 16.1 Å². The molecular formula is C10H22N2O2. The molecule has 0 amide bonds. The summed E-state index contributed by atoms with van der Waals surface area (Å²) in [6, 6.07) is 0. The summed E-state index contributed by atoms with van der Waals surface area (Å²) in [6.07, 6.45) is -0.0131. The number of aliphatic imine (C=N–C) groups is 1. The van der Waals surface area contributed by atoms with Crippen LogP contribution in [0.3, 0.4) is 0 Å². The molecule has 0 aromatic rings. The van der Waals surface area contributed by atoms with Gasteiger partial charge in [0.25, 0.3) is 0 Å². The van der Waals surface area contributed by atoms with Crippen LogP contribution in [0.2, 0.25) is 0 Å². The third-order valence-electron chi connectivity index (χ3n) is 1.92. The minimum Gasteiger partial charge on any atom is -0.387 e. The van der Waals surface area contributed by atoms with Crippen molar-refractivity contribution in [1.82, 2.24) is 0 Å². The van der Waals surface area contributed by atoms with Gasteiger partial charge in [0.2, 0.25) is 0 Å². The summed E-state index contributed by atoms with van der Waals surface area (Å²) in [4.78, 5) is 4.27. The van der Waals surface area contributed by atoms with Gasteiger partial charge < -0.3 is 15.2 Å². The fourth-order valence-electron chi connectivity index (χ4n) is 0.819. The fraction of sp³-hybridized carbons (Fsp3) is 0.900. The quantitative estimate of drug-likeness (QED) is 0.535. The summed E-state index contributed by atoms with van der Waals surface area (Å²) in [5, 5.41) is 0. The van der Waals surface area contributed by atoms with Crippen LogP contribution in [0.1, 0.15) is 20.8 Å². The average molecular weight is 202 g/mol. The Balaban J connectivity index is 4.11. The predicted octanol–water partition coefficient (Wildman–Crippen LogP) is 1.05. The van der Waals surface area contributed by atoms with Crippen LogP contribution in [0.25, 0.3) is 0 Å². The summed E-state index contributed by atoms with van der Waals surface area (Å²) in [5.41, 5.74) is 5.73. The van der Waals surface area contributed by atoms with Crippen LogP contribution in [0.15, 0.2) is 4.99 Å². The van der Waals surface area contributed by atoms with Gasteiger partial charge in [0.15, 0.2) is 0 Å². The maximum atomic E-state index is 5.80. The van der Waals surface area contributed by atoms with Gasteiger partial charge in [-0.1, -0.05) is 20.8 Å². The Morgan fingerprint density at radius 1 is 1.36 bits per heavy atom. The zero-order valence-corrected chi connectivity index (χ0v) is 9.83. The highest BCUT2D eigenvalue weighted by molar-refractivity contribution is 5.85. The third kappa shape index (κ3) is 5.19. The Bertz CT molecular complexity index is 185. The number of ether oxygens (including phenoxy) is 2. The molecule has 0 saturated carbocycles. The minimum absolute atomic E-state index is 0.0131. The molecule has 0 saturated heterocycles. The van der Waals surface area contributed by atoms with E-state index in [0.29, 0.717) is 19.0 Å². The second kappa shape index (κ2) is 5.98. The van der Waals surface area contributed by atoms with Gasteiger partial charge in [0.1, 0.15) is 0 Å². The van der Waals surface area contributed by atoms with Gasteiger partial charge in [-0.15, -0.1) is 0 Å². The SMILES string of the molecule is COCC(CN=C(N)C(C)(C)C)OC. The van der Waals surface area contributed by atoms with Crippen molar-refractivity contribution in [2.45, 2.75) is 26.9 Å². The molecule has 0 aromatic heterocycles. The molecule has 0 aliphatic carbocycles. The monoisotopic (exact) mass is 202 g/mol. The molecule has 84 valence electrons. The lowest BCUT2D eigenvalue weighted by Crippen LogP contribution is -2.31. The van der Waals surface area contributed by atoms with E-state index in [0.717, 1.165) is 0 Å². The molecule has 0 fully saturated rings. The number of rotatable bonds is 5. The van der Waals surface area contributed by atoms with E-state index in [4.69, 9.17) is 15.2 Å². The molecule has 0 aromatic carbocycles. The first-order valence-corrected chi connectivity index (χ1v) is 4.74. The highest BCUT2D eigenvalue weighted by atomic mass is 16.5. The van der Waals surface area contributed by atoms with Crippen LogP contribution in [0.5, 0.6) is 0 Å². The molecule has 4 nitrogen and oxygen atoms in total. The van der Waals surface area contributed by atoms with Crippen LogP contribution in [0.4, 0.5) is 0 Å². The summed E-state index contributed by atoms with van der Waals surface area (Å²) in [6.45, 7) is 7.18. The Labute approximate surface area is 86.5 Å². The van der Waals surface area contributed by atoms with Crippen molar-refractivity contribution in [2.75, 3.05) is 27.4 Å². The van der Waals surface area contributed by atoms with E-state index in [1.807, 2.05) is 20.8 Å². The highest BCUT2D eigenvalue weighted by Crippen LogP contribution is 2.12. The number of methoxy groups -OCH3 is 2. The molecule has 14 heavy (non-hydrogen) atoms. The van der Waals surface area contributed by atoms with Gasteiger partial charge in [-0.05, 0) is 0 Å². The van der Waals surface area contributed by atoms with Gasteiger partial charge in [0, 0.05) is 19.6 Å². The van der Waals surface area contributed by atoms with Crippen molar-refractivity contribution in [3.63, 3.8) is 0 Å². The van der Waals surface area contributed by atoms with Gasteiger partial charge in [0.05, 0.1) is 25.1 Å². The van der Waals surface area contributed by atoms with Crippen LogP contribution in [-0.4, -0.2) is 39.3 Å². The van der Waals surface area contributed by atoms with Gasteiger partial charge >= 0.3 is 0 Å². The van der Waals surface area contributed by atoms with Gasteiger partial charge in [-0.2, -0.15) is 0 Å². The second-order valence-electron chi connectivity index (χ2n) is 4.29. The van der Waals surface area contributed by atoms with Crippen LogP contribution in [-0.2, 0) is 9.47 Å². The normalized spacial score (nSPS) is 15.6. The lowest BCUT2D eigenvalue weighted by atomic mass is 9.95. The maximum Gasteiger partial charge on any atom is 0.0999 e. The van der Waals surface area contributed by atoms with Crippen LogP contribution < -0.4 is 5.73 Å². The van der Waals surface area contributed by atoms with Crippen molar-refractivity contribution >= 4 is 5.84 Å². The first-order chi connectivity index (χ1) is 6.41. The molecule has 0 spiro atoms. The molecular weight excluding hydrogens is 180 g/mol. The molecule has 0 bridgehead atoms. The third-order valence-corrected chi connectivity index (χ3v) is 1.92. The lowest BCUT2D eigenvalue weighted by molar-refractivity contribution is 0.0343. The molecule has 0 heterocycles. The van der Waals surface area contributed by atoms with Crippen LogP contribution in [0, 0.1) is 5.41 Å². The van der Waals surface area contributed by atoms with E-state index in [1.165, 1.54) is 0 Å². The number of nitrogens with zero attached hydrogens (tertiary/aromatic N) is 1. The molecule has 0 aliphatic heterocycles. The molecule has 4 heteroatoms. The molecule has 2 N–H and O–H groups in total. The topological polar surface area (TPSA) is 56.8 Å². The van der Waals surface area contributed by atoms with Crippen molar-refractivity contribution < 1.29 is 9.47 Å². The zero-order valence-electron chi connectivity index (χ0n) is 9.83. The standard InChI is InChI=1S/C10H22N2O2/c1-10(2,3)9(11)12-6-8(14-5)7-13-4/h8H,6-7H2,1-5H3,(H2,11,12). The van der Waals surface area contributed by atoms with Crippen molar-refractivity contribution in [1.29, 1.82) is 0 Å². The van der Waals surface area contributed by atoms with E-state index >= 15 is 0 Å². The van der Waals surface area contributed by atoms with E-state index in [-0.39, 0.29) is 11.5 Å². The van der Waals surface area contributed by atoms with Crippen LogP contribution >= 0.6 is 0 Å². The van der Waals surface area contributed by atoms with Gasteiger partial charge in [-0.3, -0.25) is 4.99 Å². The fourth-order valence-corrected chi connectivity index (χ4v) is 0.819. The highest BCUT2D eigenvalue weighted by Gasteiger charge is 2.16. The first-order valence-electron chi connectivity index (χ1n) is 4.74. The molecule has 1 unspecified atom stereocenters. The second-order valence-corrected chi connectivity index (χ2v) is 4.29. The maximum absolute atomic E-state index is 5.80.